The van der Waals surface area contributed by atoms with Gasteiger partial charge >= 0.3 is 12.3 Å². The number of rotatable bonds is 8. The maximum absolute atomic E-state index is 13.6. The van der Waals surface area contributed by atoms with Crippen LogP contribution >= 0.6 is 0 Å². The zero-order valence-corrected chi connectivity index (χ0v) is 22.0. The lowest BCUT2D eigenvalue weighted by molar-refractivity contribution is -0.274. The first-order valence-electron chi connectivity index (χ1n) is 11.9. The SMILES string of the molecule is CC1(C)CCc2cc(S(=O)(=O)N(CC(=O)O)Cc3cc(N)cc(-c4cccc(OC(F)(F)F)c4)c3)ccc2O1. The molecule has 3 aromatic carbocycles. The first-order valence-corrected chi connectivity index (χ1v) is 13.3. The van der Waals surface area contributed by atoms with Gasteiger partial charge in [0.15, 0.2) is 0 Å². The number of nitrogens with zero attached hydrogens (tertiary/aromatic N) is 1. The van der Waals surface area contributed by atoms with E-state index in [1.165, 1.54) is 42.5 Å². The second-order valence-corrected chi connectivity index (χ2v) is 11.8. The quantitative estimate of drug-likeness (QED) is 0.361. The molecule has 4 rings (SSSR count). The molecule has 0 atom stereocenters. The Balaban J connectivity index is 1.66. The molecule has 1 heterocycles. The third kappa shape index (κ3) is 7.01. The Morgan fingerprint density at radius 3 is 2.54 bits per heavy atom. The van der Waals surface area contributed by atoms with Gasteiger partial charge in [-0.1, -0.05) is 12.1 Å². The minimum atomic E-state index is -4.87. The molecule has 1 aliphatic heterocycles. The molecule has 0 spiro atoms. The highest BCUT2D eigenvalue weighted by Crippen LogP contribution is 2.35. The van der Waals surface area contributed by atoms with Gasteiger partial charge in [0.25, 0.3) is 0 Å². The van der Waals surface area contributed by atoms with E-state index in [4.69, 9.17) is 10.5 Å². The number of sulfonamides is 1. The number of hydrogen-bond donors (Lipinski definition) is 2. The summed E-state index contributed by atoms with van der Waals surface area (Å²) in [6, 6.07) is 14.2. The second-order valence-electron chi connectivity index (χ2n) is 9.84. The number of nitrogen functional groups attached to an aromatic ring is 1. The normalized spacial score (nSPS) is 14.9. The fourth-order valence-electron chi connectivity index (χ4n) is 4.37. The number of carbonyl (C=O) groups is 1. The molecule has 0 aliphatic carbocycles. The zero-order chi connectivity index (χ0) is 28.6. The highest BCUT2D eigenvalue weighted by atomic mass is 32.2. The molecule has 1 aliphatic rings. The first-order chi connectivity index (χ1) is 18.1. The van der Waals surface area contributed by atoms with Crippen LogP contribution in [0.3, 0.4) is 0 Å². The van der Waals surface area contributed by atoms with E-state index in [0.717, 1.165) is 10.4 Å². The molecule has 208 valence electrons. The average molecular weight is 565 g/mol. The van der Waals surface area contributed by atoms with Gasteiger partial charge in [-0.25, -0.2) is 8.42 Å². The van der Waals surface area contributed by atoms with Gasteiger partial charge in [-0.05, 0) is 97.5 Å². The molecule has 12 heteroatoms. The molecule has 3 aromatic rings. The number of halogens is 3. The Morgan fingerprint density at radius 1 is 1.10 bits per heavy atom. The van der Waals surface area contributed by atoms with E-state index in [0.29, 0.717) is 40.8 Å². The lowest BCUT2D eigenvalue weighted by Crippen LogP contribution is -2.36. The maximum atomic E-state index is 13.6. The van der Waals surface area contributed by atoms with E-state index >= 15 is 0 Å². The van der Waals surface area contributed by atoms with Crippen LogP contribution in [0.4, 0.5) is 18.9 Å². The minimum Gasteiger partial charge on any atom is -0.488 e. The molecule has 3 N–H and O–H groups in total. The summed E-state index contributed by atoms with van der Waals surface area (Å²) in [5.41, 5.74) is 7.65. The number of benzene rings is 3. The van der Waals surface area contributed by atoms with Crippen molar-refractivity contribution in [2.75, 3.05) is 12.3 Å². The van der Waals surface area contributed by atoms with Crippen LogP contribution in [0.5, 0.6) is 11.5 Å². The first kappa shape index (κ1) is 28.2. The zero-order valence-electron chi connectivity index (χ0n) is 21.2. The Hall–Kier alpha value is -3.77. The highest BCUT2D eigenvalue weighted by molar-refractivity contribution is 7.89. The summed E-state index contributed by atoms with van der Waals surface area (Å²) in [5.74, 6) is -1.21. The monoisotopic (exact) mass is 564 g/mol. The standard InChI is InChI=1S/C27H27F3N2O6S/c1-26(2)9-8-19-14-23(6-7-24(19)38-26)39(35,36)32(16-25(33)34)15-17-10-20(12-21(31)11-17)18-4-3-5-22(13-18)37-27(28,29)30/h3-7,10-14H,8-9,15-16,31H2,1-2H3,(H,33,34). The molecule has 0 aromatic heterocycles. The van der Waals surface area contributed by atoms with Crippen molar-refractivity contribution in [1.82, 2.24) is 4.31 Å². The fourth-order valence-corrected chi connectivity index (χ4v) is 5.80. The number of fused-ring (bicyclic) bond motifs is 1. The lowest BCUT2D eigenvalue weighted by Gasteiger charge is -2.33. The van der Waals surface area contributed by atoms with Crippen molar-refractivity contribution in [3.63, 3.8) is 0 Å². The molecule has 39 heavy (non-hydrogen) atoms. The molecular weight excluding hydrogens is 537 g/mol. The molecule has 0 saturated carbocycles. The summed E-state index contributed by atoms with van der Waals surface area (Å²) >= 11 is 0. The van der Waals surface area contributed by atoms with Gasteiger partial charge < -0.3 is 20.3 Å². The predicted octanol–water partition coefficient (Wildman–Crippen LogP) is 5.21. The van der Waals surface area contributed by atoms with Crippen molar-refractivity contribution in [1.29, 1.82) is 0 Å². The molecular formula is C27H27F3N2O6S. The Morgan fingerprint density at radius 2 is 1.85 bits per heavy atom. The summed E-state index contributed by atoms with van der Waals surface area (Å²) in [4.78, 5) is 11.6. The molecule has 0 radical (unpaired) electrons. The molecule has 0 fully saturated rings. The van der Waals surface area contributed by atoms with Crippen LogP contribution in [-0.4, -0.2) is 42.3 Å². The van der Waals surface area contributed by atoms with Crippen molar-refractivity contribution in [3.8, 4) is 22.6 Å². The van der Waals surface area contributed by atoms with Gasteiger partial charge in [-0.2, -0.15) is 4.31 Å². The number of carboxylic acid groups (broad SMARTS) is 1. The van der Waals surface area contributed by atoms with E-state index in [2.05, 4.69) is 4.74 Å². The van der Waals surface area contributed by atoms with Crippen molar-refractivity contribution in [3.05, 3.63) is 71.8 Å². The van der Waals surface area contributed by atoms with E-state index in [-0.39, 0.29) is 22.7 Å². The van der Waals surface area contributed by atoms with E-state index in [1.807, 2.05) is 13.8 Å². The third-order valence-electron chi connectivity index (χ3n) is 6.14. The molecule has 0 amide bonds. The van der Waals surface area contributed by atoms with E-state index < -0.39 is 34.6 Å². The predicted molar refractivity (Wildman–Crippen MR) is 138 cm³/mol. The minimum absolute atomic E-state index is 0.0769. The largest absolute Gasteiger partial charge is 0.573 e. The number of aryl methyl sites for hydroxylation is 1. The summed E-state index contributed by atoms with van der Waals surface area (Å²) in [5, 5.41) is 9.48. The van der Waals surface area contributed by atoms with Crippen molar-refractivity contribution in [2.24, 2.45) is 0 Å². The van der Waals surface area contributed by atoms with Crippen molar-refractivity contribution < 1.29 is 41.0 Å². The summed E-state index contributed by atoms with van der Waals surface area (Å²) in [6.45, 7) is 2.72. The Kier molecular flexibility index (Phi) is 7.55. The molecule has 0 saturated heterocycles. The number of carboxylic acids is 1. The molecule has 0 bridgehead atoms. The number of nitrogens with two attached hydrogens (primary N) is 1. The van der Waals surface area contributed by atoms with Crippen LogP contribution in [0.15, 0.2) is 65.6 Å². The van der Waals surface area contributed by atoms with Gasteiger partial charge in [-0.15, -0.1) is 13.2 Å². The Bertz CT molecular complexity index is 1510. The van der Waals surface area contributed by atoms with Crippen LogP contribution in [0.2, 0.25) is 0 Å². The van der Waals surface area contributed by atoms with Crippen molar-refractivity contribution >= 4 is 21.7 Å². The third-order valence-corrected chi connectivity index (χ3v) is 7.93. The van der Waals surface area contributed by atoms with Gasteiger partial charge in [0.2, 0.25) is 10.0 Å². The molecule has 0 unspecified atom stereocenters. The number of aliphatic carboxylic acids is 1. The van der Waals surface area contributed by atoms with Crippen molar-refractivity contribution in [2.45, 2.75) is 50.1 Å². The number of anilines is 1. The summed E-state index contributed by atoms with van der Waals surface area (Å²) in [7, 11) is -4.26. The maximum Gasteiger partial charge on any atom is 0.573 e. The van der Waals surface area contributed by atoms with E-state index in [9.17, 15) is 31.5 Å². The van der Waals surface area contributed by atoms with Gasteiger partial charge in [0.1, 0.15) is 23.6 Å². The van der Waals surface area contributed by atoms with Crippen LogP contribution in [0.25, 0.3) is 11.1 Å². The fraction of sp³-hybridized carbons (Fsp3) is 0.296. The van der Waals surface area contributed by atoms with Gasteiger partial charge in [-0.3, -0.25) is 4.79 Å². The van der Waals surface area contributed by atoms with Crippen LogP contribution in [0.1, 0.15) is 31.4 Å². The average Bonchev–Trinajstić information content (AvgIpc) is 2.81. The van der Waals surface area contributed by atoms with Gasteiger partial charge in [0, 0.05) is 12.2 Å². The topological polar surface area (TPSA) is 119 Å². The number of alkyl halides is 3. The summed E-state index contributed by atoms with van der Waals surface area (Å²) in [6.07, 6.45) is -3.59. The van der Waals surface area contributed by atoms with Crippen LogP contribution in [-0.2, 0) is 27.8 Å². The van der Waals surface area contributed by atoms with Gasteiger partial charge in [0.05, 0.1) is 4.90 Å². The van der Waals surface area contributed by atoms with E-state index in [1.54, 1.807) is 12.1 Å². The van der Waals surface area contributed by atoms with Crippen LogP contribution in [0, 0.1) is 0 Å². The second kappa shape index (κ2) is 10.4. The molecule has 8 nitrogen and oxygen atoms in total. The summed E-state index contributed by atoms with van der Waals surface area (Å²) < 4.78 is 75.9. The number of hydrogen-bond acceptors (Lipinski definition) is 6. The number of ether oxygens (including phenoxy) is 2. The lowest BCUT2D eigenvalue weighted by atomic mass is 9.94. The smallest absolute Gasteiger partial charge is 0.488 e. The Labute approximate surface area is 223 Å². The highest BCUT2D eigenvalue weighted by Gasteiger charge is 2.32. The van der Waals surface area contributed by atoms with Crippen LogP contribution < -0.4 is 15.2 Å².